The average molecular weight is 652 g/mol. The number of halogens is 1. The van der Waals surface area contributed by atoms with Gasteiger partial charge in [-0.2, -0.15) is 0 Å². The van der Waals surface area contributed by atoms with Gasteiger partial charge in [0, 0.05) is 28.9 Å². The van der Waals surface area contributed by atoms with Crippen molar-refractivity contribution in [2.75, 3.05) is 6.61 Å². The number of rotatable bonds is 13. The van der Waals surface area contributed by atoms with E-state index in [1.807, 2.05) is 97.2 Å². The van der Waals surface area contributed by atoms with Gasteiger partial charge in [0.15, 0.2) is 0 Å². The van der Waals surface area contributed by atoms with Gasteiger partial charge in [-0.25, -0.2) is 4.79 Å². The fourth-order valence-electron chi connectivity index (χ4n) is 4.71. The number of amides is 1. The second-order valence-corrected chi connectivity index (χ2v) is 11.0. The molecule has 0 aliphatic heterocycles. The summed E-state index contributed by atoms with van der Waals surface area (Å²) in [6.45, 7) is 0.394. The third kappa shape index (κ3) is 8.33. The van der Waals surface area contributed by atoms with Gasteiger partial charge < -0.3 is 19.9 Å². The molecule has 4 aromatic carbocycles. The molecule has 0 spiro atoms. The largest absolute Gasteiger partial charge is 0.493 e. The van der Waals surface area contributed by atoms with Crippen LogP contribution in [0.1, 0.15) is 27.9 Å². The molecule has 0 saturated carbocycles. The summed E-state index contributed by atoms with van der Waals surface area (Å²) in [4.78, 5) is 29.6. The van der Waals surface area contributed by atoms with E-state index in [9.17, 15) is 14.7 Å². The van der Waals surface area contributed by atoms with E-state index in [2.05, 4.69) is 26.2 Å². The molecule has 0 radical (unpaired) electrons. The van der Waals surface area contributed by atoms with Gasteiger partial charge in [0.1, 0.15) is 23.3 Å². The topological polar surface area (TPSA) is 97.8 Å². The minimum atomic E-state index is -1.14. The number of carbonyl (C=O) groups excluding carboxylic acids is 1. The fraction of sp³-hybridized carbons (Fsp3) is 0.139. The van der Waals surface area contributed by atoms with Crippen molar-refractivity contribution in [3.05, 3.63) is 143 Å². The number of aliphatic carboxylic acids is 1. The molecular weight excluding hydrogens is 620 g/mol. The fourth-order valence-corrected chi connectivity index (χ4v) is 5.07. The van der Waals surface area contributed by atoms with E-state index in [1.165, 1.54) is 0 Å². The molecule has 0 aliphatic rings. The number of benzene rings is 4. The molecule has 1 amide bonds. The van der Waals surface area contributed by atoms with Crippen LogP contribution in [0.4, 0.5) is 0 Å². The van der Waals surface area contributed by atoms with Crippen LogP contribution in [0.25, 0.3) is 11.1 Å². The predicted molar refractivity (Wildman–Crippen MR) is 173 cm³/mol. The Labute approximate surface area is 264 Å². The lowest BCUT2D eigenvalue weighted by atomic mass is 9.99. The lowest BCUT2D eigenvalue weighted by molar-refractivity contribution is -0.139. The monoisotopic (exact) mass is 650 g/mol. The van der Waals surface area contributed by atoms with Crippen LogP contribution in [0.5, 0.6) is 17.2 Å². The van der Waals surface area contributed by atoms with E-state index in [-0.39, 0.29) is 12.0 Å². The maximum absolute atomic E-state index is 13.3. The van der Waals surface area contributed by atoms with Crippen molar-refractivity contribution >= 4 is 27.8 Å². The van der Waals surface area contributed by atoms with Crippen LogP contribution >= 0.6 is 15.9 Å². The molecular formula is C36H31BrN2O5. The van der Waals surface area contributed by atoms with Crippen LogP contribution in [-0.2, 0) is 17.6 Å². The number of carboxylic acids is 1. The molecule has 0 saturated heterocycles. The van der Waals surface area contributed by atoms with Crippen LogP contribution in [0.3, 0.4) is 0 Å². The Morgan fingerprint density at radius 1 is 0.841 bits per heavy atom. The Balaban J connectivity index is 1.24. The summed E-state index contributed by atoms with van der Waals surface area (Å²) >= 11 is 3.41. The maximum Gasteiger partial charge on any atom is 0.326 e. The van der Waals surface area contributed by atoms with Crippen LogP contribution in [0.2, 0.25) is 0 Å². The number of nitrogens with zero attached hydrogens (tertiary/aromatic N) is 1. The molecule has 5 aromatic rings. The van der Waals surface area contributed by atoms with Crippen LogP contribution in [0.15, 0.2) is 126 Å². The first-order valence-corrected chi connectivity index (χ1v) is 15.0. The number of para-hydroxylation sites is 2. The summed E-state index contributed by atoms with van der Waals surface area (Å²) in [5.74, 6) is 0.191. The smallest absolute Gasteiger partial charge is 0.326 e. The van der Waals surface area contributed by atoms with Crippen molar-refractivity contribution in [3.8, 4) is 28.4 Å². The molecule has 7 nitrogen and oxygen atoms in total. The molecule has 44 heavy (non-hydrogen) atoms. The number of pyridine rings is 1. The molecule has 0 fully saturated rings. The third-order valence-electron chi connectivity index (χ3n) is 6.94. The van der Waals surface area contributed by atoms with Crippen molar-refractivity contribution in [1.82, 2.24) is 10.3 Å². The number of hydrogen-bond acceptors (Lipinski definition) is 5. The molecule has 0 unspecified atom stereocenters. The number of nitrogens with one attached hydrogen (secondary N) is 1. The number of aryl methyl sites for hydroxylation is 1. The van der Waals surface area contributed by atoms with Crippen molar-refractivity contribution in [3.63, 3.8) is 0 Å². The molecule has 2 N–H and O–H groups in total. The van der Waals surface area contributed by atoms with Gasteiger partial charge in [-0.1, -0.05) is 82.7 Å². The standard InChI is InChI=1S/C36H31BrN2O5/c37-28-18-19-33(43-21-7-9-26-8-6-20-38-24-26)31(23-28)35(40)39-32(36(41)42)22-25-14-16-27(17-15-25)30-12-4-5-13-34(30)44-29-10-2-1-3-11-29/h1-6,8,10-20,23-24,32H,7,9,21-22H2,(H,39,40)(H,41,42)/t32-/m0/s1. The summed E-state index contributed by atoms with van der Waals surface area (Å²) in [5.41, 5.74) is 3.97. The van der Waals surface area contributed by atoms with Crippen LogP contribution in [0, 0.1) is 0 Å². The Kier molecular flexibility index (Phi) is 10.4. The molecule has 1 atom stereocenters. The number of carbonyl (C=O) groups is 2. The predicted octanol–water partition coefficient (Wildman–Crippen LogP) is 7.74. The number of ether oxygens (including phenoxy) is 2. The first-order valence-electron chi connectivity index (χ1n) is 14.2. The Bertz CT molecular complexity index is 1700. The minimum Gasteiger partial charge on any atom is -0.493 e. The quantitative estimate of drug-likeness (QED) is 0.127. The van der Waals surface area contributed by atoms with Gasteiger partial charge in [0.25, 0.3) is 5.91 Å². The highest BCUT2D eigenvalue weighted by Crippen LogP contribution is 2.33. The van der Waals surface area contributed by atoms with Crippen molar-refractivity contribution in [1.29, 1.82) is 0 Å². The van der Waals surface area contributed by atoms with Gasteiger partial charge in [-0.15, -0.1) is 0 Å². The summed E-state index contributed by atoms with van der Waals surface area (Å²) < 4.78 is 12.7. The number of aromatic nitrogens is 1. The zero-order valence-electron chi connectivity index (χ0n) is 23.9. The molecule has 0 bridgehead atoms. The Morgan fingerprint density at radius 3 is 2.36 bits per heavy atom. The summed E-state index contributed by atoms with van der Waals surface area (Å²) in [7, 11) is 0. The Hall–Kier alpha value is -4.95. The summed E-state index contributed by atoms with van der Waals surface area (Å²) in [5, 5.41) is 12.6. The van der Waals surface area contributed by atoms with E-state index >= 15 is 0 Å². The van der Waals surface area contributed by atoms with Crippen LogP contribution in [-0.4, -0.2) is 34.6 Å². The van der Waals surface area contributed by atoms with Crippen molar-refractivity contribution in [2.24, 2.45) is 0 Å². The highest BCUT2D eigenvalue weighted by molar-refractivity contribution is 9.10. The van der Waals surface area contributed by atoms with Crippen molar-refractivity contribution < 1.29 is 24.2 Å². The third-order valence-corrected chi connectivity index (χ3v) is 7.44. The van der Waals surface area contributed by atoms with E-state index in [0.717, 1.165) is 40.8 Å². The average Bonchev–Trinajstić information content (AvgIpc) is 3.05. The molecule has 1 aromatic heterocycles. The van der Waals surface area contributed by atoms with Crippen molar-refractivity contribution in [2.45, 2.75) is 25.3 Å². The molecule has 0 aliphatic carbocycles. The lowest BCUT2D eigenvalue weighted by Gasteiger charge is -2.17. The van der Waals surface area contributed by atoms with Gasteiger partial charge in [-0.3, -0.25) is 9.78 Å². The first kappa shape index (κ1) is 30.5. The number of carboxylic acid groups (broad SMARTS) is 1. The summed E-state index contributed by atoms with van der Waals surface area (Å²) in [6.07, 6.45) is 5.18. The maximum atomic E-state index is 13.3. The normalized spacial score (nSPS) is 11.4. The van der Waals surface area contributed by atoms with Gasteiger partial charge in [-0.05, 0) is 72.0 Å². The van der Waals surface area contributed by atoms with Gasteiger partial charge in [0.05, 0.1) is 12.2 Å². The first-order chi connectivity index (χ1) is 21.5. The molecule has 8 heteroatoms. The molecule has 5 rings (SSSR count). The molecule has 1 heterocycles. The van der Waals surface area contributed by atoms with E-state index in [0.29, 0.717) is 22.6 Å². The van der Waals surface area contributed by atoms with E-state index in [4.69, 9.17) is 9.47 Å². The van der Waals surface area contributed by atoms with Gasteiger partial charge in [0.2, 0.25) is 0 Å². The zero-order chi connectivity index (χ0) is 30.7. The second kappa shape index (κ2) is 15.0. The van der Waals surface area contributed by atoms with E-state index in [1.54, 1.807) is 24.4 Å². The van der Waals surface area contributed by atoms with E-state index < -0.39 is 17.9 Å². The van der Waals surface area contributed by atoms with Gasteiger partial charge >= 0.3 is 5.97 Å². The molecule has 222 valence electrons. The highest BCUT2D eigenvalue weighted by Gasteiger charge is 2.23. The van der Waals surface area contributed by atoms with Crippen LogP contribution < -0.4 is 14.8 Å². The lowest BCUT2D eigenvalue weighted by Crippen LogP contribution is -2.42. The summed E-state index contributed by atoms with van der Waals surface area (Å²) in [6, 6.07) is 32.8. The SMILES string of the molecule is O=C(N[C@@H](Cc1ccc(-c2ccccc2Oc2ccccc2)cc1)C(=O)O)c1cc(Br)ccc1OCCCc1cccnc1. The minimum absolute atomic E-state index is 0.110. The highest BCUT2D eigenvalue weighted by atomic mass is 79.9. The number of hydrogen-bond donors (Lipinski definition) is 2. The Morgan fingerprint density at radius 2 is 1.61 bits per heavy atom. The zero-order valence-corrected chi connectivity index (χ0v) is 25.4. The second-order valence-electron chi connectivity index (χ2n) is 10.1.